The molecule has 0 saturated heterocycles. The van der Waals surface area contributed by atoms with E-state index in [0.717, 1.165) is 24.2 Å². The molecule has 1 heterocycles. The summed E-state index contributed by atoms with van der Waals surface area (Å²) in [4.78, 5) is 36.9. The lowest BCUT2D eigenvalue weighted by atomic mass is 9.92. The fourth-order valence-electron chi connectivity index (χ4n) is 3.36. The summed E-state index contributed by atoms with van der Waals surface area (Å²) < 4.78 is 0. The summed E-state index contributed by atoms with van der Waals surface area (Å²) >= 11 is 0. The predicted molar refractivity (Wildman–Crippen MR) is 107 cm³/mol. The molecule has 2 N–H and O–H groups in total. The number of fused-ring (bicyclic) bond motifs is 1. The van der Waals surface area contributed by atoms with Crippen molar-refractivity contribution in [3.8, 4) is 0 Å². The number of carbonyl (C=O) groups is 2. The highest BCUT2D eigenvalue weighted by atomic mass is 16.2. The van der Waals surface area contributed by atoms with Crippen LogP contribution in [0.1, 0.15) is 16.2 Å². The topological polar surface area (TPSA) is 90.5 Å². The van der Waals surface area contributed by atoms with Gasteiger partial charge in [0, 0.05) is 41.1 Å². The lowest BCUT2D eigenvalue weighted by Crippen LogP contribution is -2.39. The molecule has 1 aromatic heterocycles. The molecule has 1 aromatic rings. The Morgan fingerprint density at radius 2 is 2.04 bits per heavy atom. The summed E-state index contributed by atoms with van der Waals surface area (Å²) in [6.07, 6.45) is 9.31. The summed E-state index contributed by atoms with van der Waals surface area (Å²) in [6.45, 7) is 3.44. The first-order valence-electron chi connectivity index (χ1n) is 8.98. The van der Waals surface area contributed by atoms with E-state index in [1.165, 1.54) is 12.4 Å². The highest BCUT2D eigenvalue weighted by Crippen LogP contribution is 2.59. The molecule has 2 aliphatic carbocycles. The van der Waals surface area contributed by atoms with Crippen LogP contribution in [0.15, 0.2) is 42.0 Å². The van der Waals surface area contributed by atoms with Crippen molar-refractivity contribution in [2.75, 3.05) is 39.5 Å². The minimum absolute atomic E-state index is 0. The number of amides is 3. The van der Waals surface area contributed by atoms with Crippen molar-refractivity contribution in [2.45, 2.75) is 13.3 Å². The largest absolute Gasteiger partial charge is 0.344 e. The van der Waals surface area contributed by atoms with Crippen LogP contribution < -0.4 is 10.6 Å². The smallest absolute Gasteiger partial charge is 0.324 e. The number of rotatable bonds is 6. The Morgan fingerprint density at radius 3 is 2.70 bits per heavy atom. The molecule has 0 radical (unpaired) electrons. The third-order valence-corrected chi connectivity index (χ3v) is 5.01. The number of aromatic nitrogens is 2. The lowest BCUT2D eigenvalue weighted by molar-refractivity contribution is -0.134. The maximum absolute atomic E-state index is 12.9. The molecule has 0 spiro atoms. The Kier molecular flexibility index (Phi) is 5.27. The minimum Gasteiger partial charge on any atom is -0.344 e. The molecule has 0 aliphatic heterocycles. The molecule has 8 nitrogen and oxygen atoms in total. The van der Waals surface area contributed by atoms with E-state index in [0.29, 0.717) is 12.4 Å². The van der Waals surface area contributed by atoms with Crippen LogP contribution in [-0.2, 0) is 4.79 Å². The van der Waals surface area contributed by atoms with Gasteiger partial charge in [-0.05, 0) is 38.9 Å². The van der Waals surface area contributed by atoms with Gasteiger partial charge in [-0.15, -0.1) is 0 Å². The monoisotopic (exact) mass is 374 g/mol. The number of likely N-dealkylation sites (N-methyl/N-ethyl adjacent to an activating group) is 2. The first-order chi connectivity index (χ1) is 12.8. The van der Waals surface area contributed by atoms with E-state index < -0.39 is 5.41 Å². The summed E-state index contributed by atoms with van der Waals surface area (Å²) in [5.41, 5.74) is 1.18. The van der Waals surface area contributed by atoms with Gasteiger partial charge in [0.1, 0.15) is 0 Å². The molecule has 0 bridgehead atoms. The highest BCUT2D eigenvalue weighted by Gasteiger charge is 2.59. The Labute approximate surface area is 162 Å². The van der Waals surface area contributed by atoms with E-state index >= 15 is 0 Å². The van der Waals surface area contributed by atoms with Gasteiger partial charge in [-0.3, -0.25) is 15.1 Å². The molecule has 148 valence electrons. The van der Waals surface area contributed by atoms with Crippen LogP contribution in [0.4, 0.5) is 10.6 Å². The molecule has 27 heavy (non-hydrogen) atoms. The number of nitrogens with zero attached hydrogens (tertiary/aromatic N) is 4. The molecule has 8 heteroatoms. The van der Waals surface area contributed by atoms with E-state index in [4.69, 9.17) is 0 Å². The number of hydrogen-bond acceptors (Lipinski definition) is 5. The molecule has 1 saturated carbocycles. The van der Waals surface area contributed by atoms with Gasteiger partial charge in [0.2, 0.25) is 5.91 Å². The Bertz CT molecular complexity index is 799. The standard InChI is InChI=1S/C19H26N6O2.2H2/c1-13-10-19(17(26)25(4)8-7-24(2)3)11-14(19)9-15(13)22-18(27)23-16-12-20-5-6-21-16;;/h5-6,9-10,12,14H,7-8,11H2,1-4H3,(H2,21,22,23,27);2*1H. The fraction of sp³-hybridized carbons (Fsp3) is 0.474. The van der Waals surface area contributed by atoms with Crippen molar-refractivity contribution < 1.29 is 12.4 Å². The van der Waals surface area contributed by atoms with Gasteiger partial charge >= 0.3 is 6.03 Å². The first kappa shape index (κ1) is 19.0. The SMILES string of the molecule is CC1=CC2(C(=O)N(C)CCN(C)C)CC2C=C1NC(=O)Nc1cnccn1.[HH].[HH]. The van der Waals surface area contributed by atoms with Crippen LogP contribution in [0.5, 0.6) is 0 Å². The molecule has 2 atom stereocenters. The van der Waals surface area contributed by atoms with Crippen LogP contribution in [0.25, 0.3) is 0 Å². The van der Waals surface area contributed by atoms with E-state index in [2.05, 4.69) is 25.5 Å². The number of urea groups is 1. The van der Waals surface area contributed by atoms with Gasteiger partial charge in [-0.2, -0.15) is 0 Å². The van der Waals surface area contributed by atoms with E-state index in [9.17, 15) is 9.59 Å². The number of allylic oxidation sites excluding steroid dienone is 2. The Hall–Kier alpha value is -2.74. The van der Waals surface area contributed by atoms with Gasteiger partial charge in [0.25, 0.3) is 0 Å². The van der Waals surface area contributed by atoms with E-state index in [1.54, 1.807) is 11.1 Å². The number of hydrogen-bond donors (Lipinski definition) is 2. The normalized spacial score (nSPS) is 23.1. The maximum Gasteiger partial charge on any atom is 0.324 e. The quantitative estimate of drug-likeness (QED) is 0.794. The second kappa shape index (κ2) is 7.48. The Balaban J connectivity index is 0.00000210. The lowest BCUT2D eigenvalue weighted by Gasteiger charge is -2.26. The molecule has 3 rings (SSSR count). The van der Waals surface area contributed by atoms with Crippen LogP contribution in [0.2, 0.25) is 0 Å². The second-order valence-electron chi connectivity index (χ2n) is 7.46. The second-order valence-corrected chi connectivity index (χ2v) is 7.46. The van der Waals surface area contributed by atoms with Crippen molar-refractivity contribution in [2.24, 2.45) is 11.3 Å². The number of anilines is 1. The molecular formula is C19H30N6O2. The average Bonchev–Trinajstić information content (AvgIpc) is 3.34. The number of carbonyl (C=O) groups excluding carboxylic acids is 2. The molecule has 2 unspecified atom stereocenters. The van der Waals surface area contributed by atoms with Crippen molar-refractivity contribution in [1.29, 1.82) is 0 Å². The summed E-state index contributed by atoms with van der Waals surface area (Å²) in [6, 6.07) is -0.378. The first-order valence-corrected chi connectivity index (χ1v) is 8.98. The van der Waals surface area contributed by atoms with E-state index in [1.807, 2.05) is 40.2 Å². The van der Waals surface area contributed by atoms with Crippen molar-refractivity contribution in [3.05, 3.63) is 42.0 Å². The summed E-state index contributed by atoms with van der Waals surface area (Å²) in [5, 5.41) is 5.49. The summed E-state index contributed by atoms with van der Waals surface area (Å²) in [5.74, 6) is 0.654. The fourth-order valence-corrected chi connectivity index (χ4v) is 3.36. The van der Waals surface area contributed by atoms with E-state index in [-0.39, 0.29) is 20.7 Å². The van der Waals surface area contributed by atoms with Crippen molar-refractivity contribution >= 4 is 17.8 Å². The molecule has 3 amide bonds. The molecule has 0 aromatic carbocycles. The van der Waals surface area contributed by atoms with Crippen LogP contribution in [0.3, 0.4) is 0 Å². The van der Waals surface area contributed by atoms with Gasteiger partial charge in [0.15, 0.2) is 5.82 Å². The van der Waals surface area contributed by atoms with Crippen LogP contribution in [-0.4, -0.2) is 65.9 Å². The zero-order valence-electron chi connectivity index (χ0n) is 16.2. The predicted octanol–water partition coefficient (Wildman–Crippen LogP) is 1.96. The third kappa shape index (κ3) is 4.16. The van der Waals surface area contributed by atoms with Gasteiger partial charge in [0.05, 0.1) is 11.6 Å². The van der Waals surface area contributed by atoms with Gasteiger partial charge in [-0.25, -0.2) is 9.78 Å². The van der Waals surface area contributed by atoms with Crippen molar-refractivity contribution in [1.82, 2.24) is 25.1 Å². The zero-order valence-corrected chi connectivity index (χ0v) is 16.2. The molecular weight excluding hydrogens is 344 g/mol. The summed E-state index contributed by atoms with van der Waals surface area (Å²) in [7, 11) is 5.84. The van der Waals surface area contributed by atoms with Gasteiger partial charge in [-0.1, -0.05) is 12.2 Å². The van der Waals surface area contributed by atoms with Gasteiger partial charge < -0.3 is 15.1 Å². The minimum atomic E-state index is -0.447. The average molecular weight is 374 g/mol. The zero-order chi connectivity index (χ0) is 19.6. The van der Waals surface area contributed by atoms with Crippen LogP contribution in [0, 0.1) is 11.3 Å². The number of nitrogens with one attached hydrogen (secondary N) is 2. The highest BCUT2D eigenvalue weighted by molar-refractivity contribution is 5.92. The maximum atomic E-state index is 12.9. The van der Waals surface area contributed by atoms with Crippen LogP contribution >= 0.6 is 0 Å². The third-order valence-electron chi connectivity index (χ3n) is 5.01. The van der Waals surface area contributed by atoms with Crippen molar-refractivity contribution in [3.63, 3.8) is 0 Å². The Morgan fingerprint density at radius 1 is 1.26 bits per heavy atom. The molecule has 2 aliphatic rings. The molecule has 1 fully saturated rings.